The minimum absolute atomic E-state index is 0.0817. The van der Waals surface area contributed by atoms with E-state index in [1.54, 1.807) is 18.3 Å². The van der Waals surface area contributed by atoms with Gasteiger partial charge in [-0.2, -0.15) is 5.10 Å². The molecular formula is C19H20BrN3O2. The lowest BCUT2D eigenvalue weighted by molar-refractivity contribution is -0.123. The summed E-state index contributed by atoms with van der Waals surface area (Å²) >= 11 is 3.36. The van der Waals surface area contributed by atoms with Crippen molar-refractivity contribution in [3.05, 3.63) is 58.6 Å². The zero-order chi connectivity index (χ0) is 17.5. The van der Waals surface area contributed by atoms with Crippen LogP contribution in [0.2, 0.25) is 0 Å². The first-order chi connectivity index (χ1) is 12.2. The van der Waals surface area contributed by atoms with Gasteiger partial charge in [-0.3, -0.25) is 4.79 Å². The Bertz CT molecular complexity index is 741. The molecule has 2 aromatic carbocycles. The number of hydrogen-bond donors (Lipinski definition) is 1. The Morgan fingerprint density at radius 3 is 2.68 bits per heavy atom. The van der Waals surface area contributed by atoms with Crippen molar-refractivity contribution in [2.24, 2.45) is 5.10 Å². The quantitative estimate of drug-likeness (QED) is 0.594. The first-order valence-electron chi connectivity index (χ1n) is 8.26. The summed E-state index contributed by atoms with van der Waals surface area (Å²) in [6, 6.07) is 15.5. The lowest BCUT2D eigenvalue weighted by Crippen LogP contribution is -2.24. The van der Waals surface area contributed by atoms with Crippen LogP contribution in [-0.2, 0) is 4.79 Å². The van der Waals surface area contributed by atoms with Crippen LogP contribution in [0, 0.1) is 0 Å². The molecule has 5 nitrogen and oxygen atoms in total. The summed E-state index contributed by atoms with van der Waals surface area (Å²) in [5.41, 5.74) is 4.65. The Labute approximate surface area is 155 Å². The Morgan fingerprint density at radius 1 is 1.20 bits per heavy atom. The van der Waals surface area contributed by atoms with Gasteiger partial charge in [0.25, 0.3) is 5.91 Å². The van der Waals surface area contributed by atoms with Gasteiger partial charge < -0.3 is 9.64 Å². The number of benzene rings is 2. The summed E-state index contributed by atoms with van der Waals surface area (Å²) < 4.78 is 6.31. The summed E-state index contributed by atoms with van der Waals surface area (Å²) in [4.78, 5) is 14.1. The van der Waals surface area contributed by atoms with Crippen LogP contribution in [0.3, 0.4) is 0 Å². The van der Waals surface area contributed by atoms with Crippen LogP contribution in [0.4, 0.5) is 5.69 Å². The summed E-state index contributed by atoms with van der Waals surface area (Å²) in [5.74, 6) is 0.330. The predicted octanol–water partition coefficient (Wildman–Crippen LogP) is 3.58. The summed E-state index contributed by atoms with van der Waals surface area (Å²) in [6.07, 6.45) is 4.15. The first-order valence-corrected chi connectivity index (χ1v) is 9.05. The number of carbonyl (C=O) groups excluding carboxylic acids is 1. The molecular weight excluding hydrogens is 382 g/mol. The number of rotatable bonds is 6. The highest BCUT2D eigenvalue weighted by atomic mass is 79.9. The average molecular weight is 402 g/mol. The normalized spacial score (nSPS) is 14.0. The van der Waals surface area contributed by atoms with Gasteiger partial charge in [0.2, 0.25) is 0 Å². The van der Waals surface area contributed by atoms with E-state index < -0.39 is 0 Å². The van der Waals surface area contributed by atoms with Gasteiger partial charge in [0.1, 0.15) is 5.75 Å². The maximum absolute atomic E-state index is 11.8. The fraction of sp³-hybridized carbons (Fsp3) is 0.263. The van der Waals surface area contributed by atoms with E-state index in [2.05, 4.69) is 43.5 Å². The maximum atomic E-state index is 11.8. The van der Waals surface area contributed by atoms with Crippen molar-refractivity contribution in [3.63, 3.8) is 0 Å². The van der Waals surface area contributed by atoms with Crippen LogP contribution in [-0.4, -0.2) is 31.8 Å². The molecule has 1 fully saturated rings. The van der Waals surface area contributed by atoms with Gasteiger partial charge in [0.15, 0.2) is 6.61 Å². The smallest absolute Gasteiger partial charge is 0.277 e. The second-order valence-corrected chi connectivity index (χ2v) is 6.74. The summed E-state index contributed by atoms with van der Waals surface area (Å²) in [7, 11) is 0. The molecule has 3 rings (SSSR count). The van der Waals surface area contributed by atoms with Gasteiger partial charge in [-0.1, -0.05) is 34.1 Å². The molecule has 1 saturated heterocycles. The van der Waals surface area contributed by atoms with Crippen LogP contribution in [0.25, 0.3) is 0 Å². The molecule has 0 aliphatic carbocycles. The zero-order valence-corrected chi connectivity index (χ0v) is 15.4. The Hall–Kier alpha value is -2.34. The minimum atomic E-state index is -0.301. The SMILES string of the molecule is O=C(COc1cccc(Br)c1)N/N=C\c1ccc(N2CCCC2)cc1. The largest absolute Gasteiger partial charge is 0.484 e. The molecule has 0 atom stereocenters. The molecule has 1 heterocycles. The van der Waals surface area contributed by atoms with Gasteiger partial charge in [-0.15, -0.1) is 0 Å². The van der Waals surface area contributed by atoms with Gasteiger partial charge in [0.05, 0.1) is 6.21 Å². The Morgan fingerprint density at radius 2 is 1.96 bits per heavy atom. The van der Waals surface area contributed by atoms with Crippen molar-refractivity contribution < 1.29 is 9.53 Å². The molecule has 0 unspecified atom stereocenters. The monoisotopic (exact) mass is 401 g/mol. The molecule has 1 aliphatic rings. The van der Waals surface area contributed by atoms with E-state index in [0.717, 1.165) is 23.1 Å². The molecule has 0 spiro atoms. The Balaban J connectivity index is 1.45. The van der Waals surface area contributed by atoms with Crippen molar-refractivity contribution in [1.29, 1.82) is 0 Å². The van der Waals surface area contributed by atoms with E-state index in [4.69, 9.17) is 4.74 Å². The molecule has 25 heavy (non-hydrogen) atoms. The molecule has 1 amide bonds. The number of hydrazone groups is 1. The van der Waals surface area contributed by atoms with Gasteiger partial charge >= 0.3 is 0 Å². The Kier molecular flexibility index (Phi) is 6.06. The van der Waals surface area contributed by atoms with Crippen LogP contribution in [0.1, 0.15) is 18.4 Å². The molecule has 2 aromatic rings. The number of anilines is 1. The van der Waals surface area contributed by atoms with Crippen LogP contribution >= 0.6 is 15.9 Å². The highest BCUT2D eigenvalue weighted by Gasteiger charge is 2.11. The number of hydrogen-bond acceptors (Lipinski definition) is 4. The van der Waals surface area contributed by atoms with E-state index in [0.29, 0.717) is 5.75 Å². The summed E-state index contributed by atoms with van der Waals surface area (Å²) in [5, 5.41) is 3.97. The van der Waals surface area contributed by atoms with E-state index in [-0.39, 0.29) is 12.5 Å². The van der Waals surface area contributed by atoms with Gasteiger partial charge in [0, 0.05) is 23.2 Å². The van der Waals surface area contributed by atoms with Gasteiger partial charge in [-0.25, -0.2) is 5.43 Å². The van der Waals surface area contributed by atoms with Crippen LogP contribution < -0.4 is 15.1 Å². The number of halogens is 1. The van der Waals surface area contributed by atoms with E-state index >= 15 is 0 Å². The number of carbonyl (C=O) groups is 1. The highest BCUT2D eigenvalue weighted by molar-refractivity contribution is 9.10. The molecule has 130 valence electrons. The number of amides is 1. The fourth-order valence-electron chi connectivity index (χ4n) is 2.66. The standard InChI is InChI=1S/C19H20BrN3O2/c20-16-4-3-5-18(12-16)25-14-19(24)22-21-13-15-6-8-17(9-7-15)23-10-1-2-11-23/h3-9,12-13H,1-2,10-11,14H2,(H,22,24)/b21-13-. The van der Waals surface area contributed by atoms with Crippen molar-refractivity contribution in [1.82, 2.24) is 5.43 Å². The minimum Gasteiger partial charge on any atom is -0.484 e. The average Bonchev–Trinajstić information content (AvgIpc) is 3.15. The molecule has 0 aromatic heterocycles. The van der Waals surface area contributed by atoms with Crippen LogP contribution in [0.5, 0.6) is 5.75 Å². The molecule has 6 heteroatoms. The third kappa shape index (κ3) is 5.32. The lowest BCUT2D eigenvalue weighted by Gasteiger charge is -2.17. The molecule has 0 saturated carbocycles. The summed E-state index contributed by atoms with van der Waals surface area (Å²) in [6.45, 7) is 2.17. The molecule has 0 radical (unpaired) electrons. The number of nitrogens with zero attached hydrogens (tertiary/aromatic N) is 2. The number of ether oxygens (including phenoxy) is 1. The van der Waals surface area contributed by atoms with Crippen LogP contribution in [0.15, 0.2) is 58.1 Å². The van der Waals surface area contributed by atoms with Crippen molar-refractivity contribution >= 4 is 33.7 Å². The second kappa shape index (κ2) is 8.67. The zero-order valence-electron chi connectivity index (χ0n) is 13.8. The third-order valence-electron chi connectivity index (χ3n) is 3.93. The lowest BCUT2D eigenvalue weighted by atomic mass is 10.2. The third-order valence-corrected chi connectivity index (χ3v) is 4.43. The first kappa shape index (κ1) is 17.5. The van der Waals surface area contributed by atoms with E-state index in [9.17, 15) is 4.79 Å². The second-order valence-electron chi connectivity index (χ2n) is 5.82. The molecule has 1 aliphatic heterocycles. The van der Waals surface area contributed by atoms with Gasteiger partial charge in [-0.05, 0) is 48.7 Å². The van der Waals surface area contributed by atoms with Crippen molar-refractivity contribution in [2.75, 3.05) is 24.6 Å². The van der Waals surface area contributed by atoms with E-state index in [1.165, 1.54) is 18.5 Å². The molecule has 0 bridgehead atoms. The predicted molar refractivity (Wildman–Crippen MR) is 103 cm³/mol. The van der Waals surface area contributed by atoms with Crippen molar-refractivity contribution in [3.8, 4) is 5.75 Å². The topological polar surface area (TPSA) is 53.9 Å². The number of nitrogens with one attached hydrogen (secondary N) is 1. The van der Waals surface area contributed by atoms with Crippen molar-refractivity contribution in [2.45, 2.75) is 12.8 Å². The maximum Gasteiger partial charge on any atom is 0.277 e. The molecule has 1 N–H and O–H groups in total. The highest BCUT2D eigenvalue weighted by Crippen LogP contribution is 2.20. The fourth-order valence-corrected chi connectivity index (χ4v) is 3.04. The van der Waals surface area contributed by atoms with E-state index in [1.807, 2.05) is 24.3 Å².